The zero-order valence-electron chi connectivity index (χ0n) is 11.2. The van der Waals surface area contributed by atoms with Crippen molar-refractivity contribution in [2.24, 2.45) is 0 Å². The molecular weight excluding hydrogens is 269 g/mol. The molecule has 4 nitrogen and oxygen atoms in total. The fourth-order valence-electron chi connectivity index (χ4n) is 2.51. The number of nitrogens with zero attached hydrogens (tertiary/aromatic N) is 3. The van der Waals surface area contributed by atoms with Crippen molar-refractivity contribution in [2.75, 3.05) is 0 Å². The highest BCUT2D eigenvalue weighted by Gasteiger charge is 2.28. The van der Waals surface area contributed by atoms with Gasteiger partial charge in [0.2, 0.25) is 0 Å². The maximum atomic E-state index is 13.1. The van der Waals surface area contributed by atoms with Crippen molar-refractivity contribution >= 4 is 11.2 Å². The minimum atomic E-state index is -0.330. The number of hydrogen-bond acceptors (Lipinski definition) is 3. The van der Waals surface area contributed by atoms with Crippen LogP contribution in [-0.2, 0) is 0 Å². The second kappa shape index (κ2) is 4.48. The van der Waals surface area contributed by atoms with Crippen LogP contribution in [0.3, 0.4) is 0 Å². The Hall–Kier alpha value is -2.56. The number of benzene rings is 1. The van der Waals surface area contributed by atoms with E-state index in [0.717, 1.165) is 12.8 Å². The lowest BCUT2D eigenvalue weighted by atomic mass is 10.1. The van der Waals surface area contributed by atoms with E-state index in [9.17, 15) is 9.18 Å². The molecule has 0 aliphatic heterocycles. The highest BCUT2D eigenvalue weighted by molar-refractivity contribution is 5.74. The molecular formula is C16H12FN3O. The Bertz CT molecular complexity index is 882. The molecule has 4 rings (SSSR count). The van der Waals surface area contributed by atoms with Gasteiger partial charge >= 0.3 is 0 Å². The van der Waals surface area contributed by atoms with E-state index in [1.54, 1.807) is 29.0 Å². The van der Waals surface area contributed by atoms with Gasteiger partial charge in [-0.2, -0.15) is 0 Å². The largest absolute Gasteiger partial charge is 0.286 e. The van der Waals surface area contributed by atoms with E-state index in [1.807, 2.05) is 6.07 Å². The van der Waals surface area contributed by atoms with Gasteiger partial charge in [-0.25, -0.2) is 14.4 Å². The Kier molecular flexibility index (Phi) is 2.60. The number of hydrogen-bond donors (Lipinski definition) is 0. The van der Waals surface area contributed by atoms with Gasteiger partial charge in [-0.15, -0.1) is 0 Å². The van der Waals surface area contributed by atoms with E-state index in [2.05, 4.69) is 9.97 Å². The van der Waals surface area contributed by atoms with E-state index < -0.39 is 0 Å². The molecule has 2 aromatic heterocycles. The molecule has 0 N–H and O–H groups in total. The molecule has 3 aromatic rings. The summed E-state index contributed by atoms with van der Waals surface area (Å²) in [4.78, 5) is 21.4. The van der Waals surface area contributed by atoms with Gasteiger partial charge in [0.05, 0.1) is 0 Å². The molecule has 0 amide bonds. The third-order valence-electron chi connectivity index (χ3n) is 3.68. The van der Waals surface area contributed by atoms with Crippen LogP contribution in [0.1, 0.15) is 18.9 Å². The predicted octanol–water partition coefficient (Wildman–Crippen LogP) is 2.93. The normalized spacial score (nSPS) is 14.5. The lowest BCUT2D eigenvalue weighted by Gasteiger charge is -2.10. The molecule has 2 heterocycles. The molecule has 0 atom stereocenters. The fourth-order valence-corrected chi connectivity index (χ4v) is 2.51. The summed E-state index contributed by atoms with van der Waals surface area (Å²) in [5, 5.41) is 0. The monoisotopic (exact) mass is 281 g/mol. The Morgan fingerprint density at radius 3 is 2.62 bits per heavy atom. The molecule has 0 unspecified atom stereocenters. The molecule has 0 radical (unpaired) electrons. The van der Waals surface area contributed by atoms with E-state index in [-0.39, 0.29) is 17.4 Å². The highest BCUT2D eigenvalue weighted by atomic mass is 19.1. The molecule has 1 aliphatic carbocycles. The van der Waals surface area contributed by atoms with Gasteiger partial charge in [0.15, 0.2) is 5.65 Å². The van der Waals surface area contributed by atoms with Crippen molar-refractivity contribution < 1.29 is 4.39 Å². The Labute approximate surface area is 119 Å². The van der Waals surface area contributed by atoms with Crippen molar-refractivity contribution in [1.29, 1.82) is 0 Å². The number of halogens is 1. The summed E-state index contributed by atoms with van der Waals surface area (Å²) >= 11 is 0. The number of rotatable bonds is 2. The van der Waals surface area contributed by atoms with E-state index in [4.69, 9.17) is 0 Å². The summed E-state index contributed by atoms with van der Waals surface area (Å²) in [6, 6.07) is 9.68. The molecule has 0 spiro atoms. The first-order chi connectivity index (χ1) is 10.2. The maximum Gasteiger partial charge on any atom is 0.278 e. The summed E-state index contributed by atoms with van der Waals surface area (Å²) < 4.78 is 14.8. The first-order valence-electron chi connectivity index (χ1n) is 6.87. The van der Waals surface area contributed by atoms with Gasteiger partial charge in [-0.05, 0) is 49.2 Å². The van der Waals surface area contributed by atoms with Crippen molar-refractivity contribution in [3.8, 4) is 11.3 Å². The highest BCUT2D eigenvalue weighted by Crippen LogP contribution is 2.35. The number of aromatic nitrogens is 3. The zero-order valence-corrected chi connectivity index (χ0v) is 11.2. The fraction of sp³-hybridized carbons (Fsp3) is 0.188. The lowest BCUT2D eigenvalue weighted by Crippen LogP contribution is -2.23. The van der Waals surface area contributed by atoms with Gasteiger partial charge in [0.25, 0.3) is 5.56 Å². The van der Waals surface area contributed by atoms with Crippen LogP contribution in [-0.4, -0.2) is 14.5 Å². The van der Waals surface area contributed by atoms with Crippen LogP contribution in [0.4, 0.5) is 4.39 Å². The Balaban J connectivity index is 2.03. The van der Waals surface area contributed by atoms with Crippen molar-refractivity contribution in [1.82, 2.24) is 14.5 Å². The number of pyridine rings is 1. The van der Waals surface area contributed by atoms with E-state index in [1.165, 1.54) is 12.1 Å². The topological polar surface area (TPSA) is 47.8 Å². The van der Waals surface area contributed by atoms with Gasteiger partial charge in [0.1, 0.15) is 17.0 Å². The van der Waals surface area contributed by atoms with Crippen molar-refractivity contribution in [3.63, 3.8) is 0 Å². The second-order valence-corrected chi connectivity index (χ2v) is 5.22. The lowest BCUT2D eigenvalue weighted by molar-refractivity contribution is 0.628. The minimum absolute atomic E-state index is 0.157. The molecule has 1 aromatic carbocycles. The summed E-state index contributed by atoms with van der Waals surface area (Å²) in [7, 11) is 0. The summed E-state index contributed by atoms with van der Waals surface area (Å²) in [5.74, 6) is -0.330. The van der Waals surface area contributed by atoms with Crippen LogP contribution in [0.25, 0.3) is 22.4 Å². The van der Waals surface area contributed by atoms with E-state index in [0.29, 0.717) is 22.4 Å². The molecule has 0 bridgehead atoms. The Morgan fingerprint density at radius 2 is 1.90 bits per heavy atom. The van der Waals surface area contributed by atoms with Crippen LogP contribution in [0.5, 0.6) is 0 Å². The predicted molar refractivity (Wildman–Crippen MR) is 77.5 cm³/mol. The first kappa shape index (κ1) is 12.2. The first-order valence-corrected chi connectivity index (χ1v) is 6.87. The average molecular weight is 281 g/mol. The number of fused-ring (bicyclic) bond motifs is 1. The maximum absolute atomic E-state index is 13.1. The van der Waals surface area contributed by atoms with Crippen LogP contribution in [0, 0.1) is 5.82 Å². The standard InChI is InChI=1S/C16H12FN3O/c17-11-5-3-10(4-6-11)14-16(21)20(12-7-8-12)15-13(19-14)2-1-9-18-15/h1-6,9,12H,7-8H2. The molecule has 1 saturated carbocycles. The zero-order chi connectivity index (χ0) is 14.4. The van der Waals surface area contributed by atoms with Crippen LogP contribution >= 0.6 is 0 Å². The van der Waals surface area contributed by atoms with Gasteiger partial charge in [-0.3, -0.25) is 9.36 Å². The molecule has 1 aliphatic rings. The SMILES string of the molecule is O=c1c(-c2ccc(F)cc2)nc2cccnc2n1C1CC1. The van der Waals surface area contributed by atoms with Crippen molar-refractivity contribution in [2.45, 2.75) is 18.9 Å². The smallest absolute Gasteiger partial charge is 0.278 e. The van der Waals surface area contributed by atoms with Crippen LogP contribution < -0.4 is 5.56 Å². The third kappa shape index (κ3) is 2.01. The molecule has 0 saturated heterocycles. The van der Waals surface area contributed by atoms with Gasteiger partial charge in [0, 0.05) is 17.8 Å². The summed E-state index contributed by atoms with van der Waals surface area (Å²) in [6.45, 7) is 0. The van der Waals surface area contributed by atoms with Crippen molar-refractivity contribution in [3.05, 3.63) is 58.8 Å². The summed E-state index contributed by atoms with van der Waals surface area (Å²) in [5.41, 5.74) is 2.12. The van der Waals surface area contributed by atoms with E-state index >= 15 is 0 Å². The minimum Gasteiger partial charge on any atom is -0.286 e. The second-order valence-electron chi connectivity index (χ2n) is 5.22. The van der Waals surface area contributed by atoms with Gasteiger partial charge in [-0.1, -0.05) is 0 Å². The molecule has 104 valence electrons. The van der Waals surface area contributed by atoms with Gasteiger partial charge < -0.3 is 0 Å². The quantitative estimate of drug-likeness (QED) is 0.725. The molecule has 5 heteroatoms. The molecule has 21 heavy (non-hydrogen) atoms. The van der Waals surface area contributed by atoms with Crippen LogP contribution in [0.15, 0.2) is 47.4 Å². The van der Waals surface area contributed by atoms with Crippen LogP contribution in [0.2, 0.25) is 0 Å². The third-order valence-corrected chi connectivity index (χ3v) is 3.68. The summed E-state index contributed by atoms with van der Waals surface area (Å²) in [6.07, 6.45) is 3.64. The Morgan fingerprint density at radius 1 is 1.14 bits per heavy atom. The average Bonchev–Trinajstić information content (AvgIpc) is 3.32. The molecule has 1 fully saturated rings.